The molecule has 0 spiro atoms. The van der Waals surface area contributed by atoms with Gasteiger partial charge in [0.25, 0.3) is 0 Å². The minimum absolute atomic E-state index is 0.170. The zero-order valence-electron chi connectivity index (χ0n) is 14.9. The second kappa shape index (κ2) is 9.06. The third-order valence-electron chi connectivity index (χ3n) is 4.29. The van der Waals surface area contributed by atoms with E-state index in [1.807, 2.05) is 19.2 Å². The molecule has 4 nitrogen and oxygen atoms in total. The predicted octanol–water partition coefficient (Wildman–Crippen LogP) is 3.46. The van der Waals surface area contributed by atoms with Crippen LogP contribution in [0.2, 0.25) is 0 Å². The monoisotopic (exact) mass is 325 g/mol. The maximum atomic E-state index is 12.3. The molecule has 0 radical (unpaired) electrons. The molecule has 128 valence electrons. The van der Waals surface area contributed by atoms with Crippen molar-refractivity contribution >= 4 is 11.6 Å². The molecule has 2 rings (SSSR count). The zero-order chi connectivity index (χ0) is 17.4. The molecule has 0 aliphatic rings. The number of para-hydroxylation sites is 1. The lowest BCUT2D eigenvalue weighted by Crippen LogP contribution is -2.30. The van der Waals surface area contributed by atoms with Crippen LogP contribution in [0.3, 0.4) is 0 Å². The third-order valence-corrected chi connectivity index (χ3v) is 4.29. The Balaban J connectivity index is 1.78. The number of carbonyl (C=O) groups excluding carboxylic acids is 1. The molecule has 1 amide bonds. The van der Waals surface area contributed by atoms with Crippen LogP contribution < -0.4 is 5.32 Å². The van der Waals surface area contributed by atoms with Gasteiger partial charge in [-0.25, -0.2) is 0 Å². The second-order valence-electron chi connectivity index (χ2n) is 6.06. The molecule has 1 heterocycles. The Morgan fingerprint density at radius 1 is 1.21 bits per heavy atom. The summed E-state index contributed by atoms with van der Waals surface area (Å²) in [5.74, 6) is 0.170. The van der Waals surface area contributed by atoms with Gasteiger partial charge < -0.3 is 10.2 Å². The summed E-state index contributed by atoms with van der Waals surface area (Å²) in [7, 11) is 1.87. The maximum absolute atomic E-state index is 12.3. The molecule has 0 unspecified atom stereocenters. The molecule has 0 aliphatic carbocycles. The smallest absolute Gasteiger partial charge is 0.224 e. The van der Waals surface area contributed by atoms with Crippen LogP contribution in [-0.4, -0.2) is 35.9 Å². The van der Waals surface area contributed by atoms with Gasteiger partial charge in [0.05, 0.1) is 0 Å². The van der Waals surface area contributed by atoms with Crippen molar-refractivity contribution in [3.8, 4) is 0 Å². The van der Waals surface area contributed by atoms with Crippen molar-refractivity contribution in [1.29, 1.82) is 0 Å². The Hall–Kier alpha value is -2.36. The highest BCUT2D eigenvalue weighted by atomic mass is 16.2. The predicted molar refractivity (Wildman–Crippen MR) is 99.2 cm³/mol. The first kappa shape index (κ1) is 18.0. The summed E-state index contributed by atoms with van der Waals surface area (Å²) >= 11 is 0. The van der Waals surface area contributed by atoms with Gasteiger partial charge in [0.1, 0.15) is 0 Å². The second-order valence-corrected chi connectivity index (χ2v) is 6.06. The first-order chi connectivity index (χ1) is 11.6. The van der Waals surface area contributed by atoms with Crippen molar-refractivity contribution in [2.45, 2.75) is 33.1 Å². The Morgan fingerprint density at radius 3 is 2.67 bits per heavy atom. The minimum atomic E-state index is 0.170. The van der Waals surface area contributed by atoms with Crippen molar-refractivity contribution in [3.63, 3.8) is 0 Å². The molecule has 0 atom stereocenters. The molecule has 1 N–H and O–H groups in total. The minimum Gasteiger partial charge on any atom is -0.384 e. The van der Waals surface area contributed by atoms with Gasteiger partial charge >= 0.3 is 0 Å². The highest BCUT2D eigenvalue weighted by Gasteiger charge is 2.09. The fourth-order valence-electron chi connectivity index (χ4n) is 2.73. The summed E-state index contributed by atoms with van der Waals surface area (Å²) in [5.41, 5.74) is 4.91. The first-order valence-corrected chi connectivity index (χ1v) is 8.57. The van der Waals surface area contributed by atoms with E-state index in [0.717, 1.165) is 19.4 Å². The number of aromatic nitrogens is 1. The normalized spacial score (nSPS) is 10.5. The molecule has 0 aliphatic heterocycles. The summed E-state index contributed by atoms with van der Waals surface area (Å²) in [6.45, 7) is 5.64. The number of likely N-dealkylation sites (N-methyl/N-ethyl adjacent to an activating group) is 1. The SMILES string of the molecule is CCc1cccc(C)c1NCCC(=O)N(C)CCc1ccncc1. The number of anilines is 1. The number of aryl methyl sites for hydroxylation is 2. The van der Waals surface area contributed by atoms with Crippen LogP contribution in [-0.2, 0) is 17.6 Å². The van der Waals surface area contributed by atoms with E-state index in [-0.39, 0.29) is 5.91 Å². The van der Waals surface area contributed by atoms with E-state index in [1.165, 1.54) is 22.4 Å². The maximum Gasteiger partial charge on any atom is 0.224 e. The van der Waals surface area contributed by atoms with E-state index in [0.29, 0.717) is 13.0 Å². The van der Waals surface area contributed by atoms with Crippen molar-refractivity contribution in [1.82, 2.24) is 9.88 Å². The molecule has 2 aromatic rings. The van der Waals surface area contributed by atoms with Gasteiger partial charge in [0.15, 0.2) is 0 Å². The number of nitrogens with zero attached hydrogens (tertiary/aromatic N) is 2. The van der Waals surface area contributed by atoms with Crippen molar-refractivity contribution in [3.05, 3.63) is 59.4 Å². The van der Waals surface area contributed by atoms with E-state index in [2.05, 4.69) is 42.3 Å². The van der Waals surface area contributed by atoms with E-state index >= 15 is 0 Å². The largest absolute Gasteiger partial charge is 0.384 e. The number of carbonyl (C=O) groups is 1. The van der Waals surface area contributed by atoms with E-state index in [1.54, 1.807) is 17.3 Å². The van der Waals surface area contributed by atoms with Crippen molar-refractivity contribution < 1.29 is 4.79 Å². The van der Waals surface area contributed by atoms with Crippen molar-refractivity contribution in [2.75, 3.05) is 25.5 Å². The fraction of sp³-hybridized carbons (Fsp3) is 0.400. The topological polar surface area (TPSA) is 45.2 Å². The summed E-state index contributed by atoms with van der Waals surface area (Å²) in [6, 6.07) is 10.3. The average Bonchev–Trinajstić information content (AvgIpc) is 2.61. The van der Waals surface area contributed by atoms with Gasteiger partial charge in [-0.15, -0.1) is 0 Å². The summed E-state index contributed by atoms with van der Waals surface area (Å²) < 4.78 is 0. The number of nitrogens with one attached hydrogen (secondary N) is 1. The Morgan fingerprint density at radius 2 is 1.96 bits per heavy atom. The highest BCUT2D eigenvalue weighted by molar-refractivity contribution is 5.76. The average molecular weight is 325 g/mol. The molecule has 0 saturated carbocycles. The molecular formula is C20H27N3O. The van der Waals surface area contributed by atoms with Gasteiger partial charge in [-0.3, -0.25) is 9.78 Å². The van der Waals surface area contributed by atoms with Crippen LogP contribution in [0.25, 0.3) is 0 Å². The van der Waals surface area contributed by atoms with Crippen molar-refractivity contribution in [2.24, 2.45) is 0 Å². The van der Waals surface area contributed by atoms with Crippen LogP contribution in [0.4, 0.5) is 5.69 Å². The van der Waals surface area contributed by atoms with Gasteiger partial charge in [0, 0.05) is 44.6 Å². The van der Waals surface area contributed by atoms with Crippen LogP contribution >= 0.6 is 0 Å². The lowest BCUT2D eigenvalue weighted by atomic mass is 10.1. The van der Waals surface area contributed by atoms with Crippen LogP contribution in [0.15, 0.2) is 42.7 Å². The molecule has 0 saturated heterocycles. The number of benzene rings is 1. The molecule has 0 fully saturated rings. The lowest BCUT2D eigenvalue weighted by molar-refractivity contribution is -0.129. The summed E-state index contributed by atoms with van der Waals surface area (Å²) in [4.78, 5) is 18.1. The van der Waals surface area contributed by atoms with Gasteiger partial charge in [-0.1, -0.05) is 25.1 Å². The molecule has 4 heteroatoms. The van der Waals surface area contributed by atoms with Crippen LogP contribution in [0, 0.1) is 6.92 Å². The summed E-state index contributed by atoms with van der Waals surface area (Å²) in [6.07, 6.45) is 5.92. The standard InChI is InChI=1S/C20H27N3O/c1-4-18-7-5-6-16(2)20(18)22-14-10-19(24)23(3)15-11-17-8-12-21-13-9-17/h5-9,12-13,22H,4,10-11,14-15H2,1-3H3. The molecule has 1 aromatic heterocycles. The highest BCUT2D eigenvalue weighted by Crippen LogP contribution is 2.20. The molecule has 24 heavy (non-hydrogen) atoms. The molecule has 1 aromatic carbocycles. The van der Waals surface area contributed by atoms with Gasteiger partial charge in [-0.2, -0.15) is 0 Å². The van der Waals surface area contributed by atoms with E-state index < -0.39 is 0 Å². The lowest BCUT2D eigenvalue weighted by Gasteiger charge is -2.18. The Kier molecular flexibility index (Phi) is 6.79. The van der Waals surface area contributed by atoms with Crippen LogP contribution in [0.5, 0.6) is 0 Å². The third kappa shape index (κ3) is 5.08. The number of amides is 1. The zero-order valence-corrected chi connectivity index (χ0v) is 14.9. The number of rotatable bonds is 8. The molecule has 0 bridgehead atoms. The molecular weight excluding hydrogens is 298 g/mol. The quantitative estimate of drug-likeness (QED) is 0.808. The first-order valence-electron chi connectivity index (χ1n) is 8.57. The number of hydrogen-bond acceptors (Lipinski definition) is 3. The summed E-state index contributed by atoms with van der Waals surface area (Å²) in [5, 5.41) is 3.44. The van der Waals surface area contributed by atoms with Crippen LogP contribution in [0.1, 0.15) is 30.0 Å². The number of hydrogen-bond donors (Lipinski definition) is 1. The Labute approximate surface area is 144 Å². The fourth-order valence-corrected chi connectivity index (χ4v) is 2.73. The van der Waals surface area contributed by atoms with E-state index in [9.17, 15) is 4.79 Å². The number of pyridine rings is 1. The Bertz CT molecular complexity index is 655. The van der Waals surface area contributed by atoms with E-state index in [4.69, 9.17) is 0 Å². The van der Waals surface area contributed by atoms with Gasteiger partial charge in [0.2, 0.25) is 5.91 Å². The van der Waals surface area contributed by atoms with Gasteiger partial charge in [-0.05, 0) is 48.6 Å².